The van der Waals surface area contributed by atoms with Gasteiger partial charge < -0.3 is 9.64 Å². The van der Waals surface area contributed by atoms with Crippen molar-refractivity contribution in [2.45, 2.75) is 51.3 Å². The summed E-state index contributed by atoms with van der Waals surface area (Å²) < 4.78 is 11.4. The third-order valence-electron chi connectivity index (χ3n) is 6.27. The van der Waals surface area contributed by atoms with Crippen molar-refractivity contribution >= 4 is 45.6 Å². The molecule has 2 aliphatic rings. The fourth-order valence-electron chi connectivity index (χ4n) is 4.62. The normalized spacial score (nSPS) is 20.4. The summed E-state index contributed by atoms with van der Waals surface area (Å²) in [5.41, 5.74) is 3.25. The third kappa shape index (κ3) is 5.04. The summed E-state index contributed by atoms with van der Waals surface area (Å²) in [5, 5.41) is 10.7. The molecule has 2 aliphatic heterocycles. The summed E-state index contributed by atoms with van der Waals surface area (Å²) in [7, 11) is 0. The Morgan fingerprint density at radius 2 is 2.00 bits per heavy atom. The first kappa shape index (κ1) is 21.2. The molecule has 0 amide bonds. The van der Waals surface area contributed by atoms with E-state index in [0.29, 0.717) is 0 Å². The van der Waals surface area contributed by atoms with Crippen LogP contribution in [-0.4, -0.2) is 50.7 Å². The summed E-state index contributed by atoms with van der Waals surface area (Å²) in [6.07, 6.45) is 15.6. The SMILES string of the molecule is Ic1ccc2c(/C=C/c3cnn(CCCN4CCCC4)c3)nn(C3CCCCO3)c2c1. The van der Waals surface area contributed by atoms with Crippen LogP contribution in [-0.2, 0) is 11.3 Å². The second kappa shape index (κ2) is 9.83. The number of hydrogen-bond donors (Lipinski definition) is 0. The van der Waals surface area contributed by atoms with E-state index in [-0.39, 0.29) is 6.23 Å². The molecular formula is C24H30IN5O. The molecule has 3 aromatic rings. The van der Waals surface area contributed by atoms with Crippen molar-refractivity contribution in [2.24, 2.45) is 0 Å². The van der Waals surface area contributed by atoms with Crippen LogP contribution in [0, 0.1) is 3.57 Å². The van der Waals surface area contributed by atoms with Crippen LogP contribution in [0.25, 0.3) is 23.1 Å². The lowest BCUT2D eigenvalue weighted by Crippen LogP contribution is -2.21. The molecule has 0 bridgehead atoms. The van der Waals surface area contributed by atoms with Crippen molar-refractivity contribution in [3.63, 3.8) is 0 Å². The van der Waals surface area contributed by atoms with E-state index in [1.165, 1.54) is 47.9 Å². The predicted molar refractivity (Wildman–Crippen MR) is 133 cm³/mol. The molecular weight excluding hydrogens is 501 g/mol. The molecule has 0 aliphatic carbocycles. The van der Waals surface area contributed by atoms with Gasteiger partial charge in [0.15, 0.2) is 6.23 Å². The molecule has 6 nitrogen and oxygen atoms in total. The zero-order valence-electron chi connectivity index (χ0n) is 17.9. The highest BCUT2D eigenvalue weighted by atomic mass is 127. The summed E-state index contributed by atoms with van der Waals surface area (Å²) in [4.78, 5) is 2.56. The molecule has 7 heteroatoms. The number of fused-ring (bicyclic) bond motifs is 1. The van der Waals surface area contributed by atoms with Crippen molar-refractivity contribution in [3.8, 4) is 0 Å². The standard InChI is InChI=1S/C24H30IN5O/c25-20-8-9-21-22(27-30(23(21)16-20)24-6-1-4-15-31-24)10-7-19-17-26-29(18-19)14-5-13-28-11-2-3-12-28/h7-10,16-18,24H,1-6,11-15H2/b10-7+. The zero-order chi connectivity index (χ0) is 21.0. The number of likely N-dealkylation sites (tertiary alicyclic amines) is 1. The highest BCUT2D eigenvalue weighted by Gasteiger charge is 2.20. The van der Waals surface area contributed by atoms with Crippen molar-refractivity contribution in [1.29, 1.82) is 0 Å². The minimum absolute atomic E-state index is 0.0370. The highest BCUT2D eigenvalue weighted by molar-refractivity contribution is 14.1. The van der Waals surface area contributed by atoms with Gasteiger partial charge in [0.1, 0.15) is 0 Å². The van der Waals surface area contributed by atoms with Crippen LogP contribution in [0.4, 0.5) is 0 Å². The van der Waals surface area contributed by atoms with Gasteiger partial charge in [-0.05, 0) is 111 Å². The number of nitrogens with zero attached hydrogens (tertiary/aromatic N) is 5. The summed E-state index contributed by atoms with van der Waals surface area (Å²) >= 11 is 2.37. The van der Waals surface area contributed by atoms with Gasteiger partial charge >= 0.3 is 0 Å². The van der Waals surface area contributed by atoms with Crippen LogP contribution in [0.15, 0.2) is 30.6 Å². The molecule has 2 aromatic heterocycles. The van der Waals surface area contributed by atoms with Crippen LogP contribution in [0.2, 0.25) is 0 Å². The Morgan fingerprint density at radius 1 is 1.10 bits per heavy atom. The maximum Gasteiger partial charge on any atom is 0.150 e. The van der Waals surface area contributed by atoms with E-state index in [2.05, 4.69) is 78.5 Å². The molecule has 164 valence electrons. The molecule has 1 atom stereocenters. The maximum absolute atomic E-state index is 6.02. The Labute approximate surface area is 197 Å². The van der Waals surface area contributed by atoms with Gasteiger partial charge in [0.05, 0.1) is 17.4 Å². The van der Waals surface area contributed by atoms with E-state index < -0.39 is 0 Å². The second-order valence-corrected chi connectivity index (χ2v) is 9.83. The van der Waals surface area contributed by atoms with E-state index in [9.17, 15) is 0 Å². The summed E-state index contributed by atoms with van der Waals surface area (Å²) in [5.74, 6) is 0. The van der Waals surface area contributed by atoms with Crippen LogP contribution in [0.3, 0.4) is 0 Å². The molecule has 2 fully saturated rings. The lowest BCUT2D eigenvalue weighted by Gasteiger charge is -2.23. The van der Waals surface area contributed by atoms with Crippen molar-refractivity contribution in [1.82, 2.24) is 24.5 Å². The number of benzene rings is 1. The van der Waals surface area contributed by atoms with Gasteiger partial charge in [0.2, 0.25) is 0 Å². The van der Waals surface area contributed by atoms with Gasteiger partial charge in [-0.1, -0.05) is 0 Å². The van der Waals surface area contributed by atoms with Gasteiger partial charge in [-0.3, -0.25) is 4.68 Å². The van der Waals surface area contributed by atoms with E-state index in [1.807, 2.05) is 6.20 Å². The first-order valence-electron chi connectivity index (χ1n) is 11.5. The van der Waals surface area contributed by atoms with Gasteiger partial charge in [-0.2, -0.15) is 10.2 Å². The Bertz CT molecular complexity index is 1040. The van der Waals surface area contributed by atoms with Crippen LogP contribution in [0.1, 0.15) is 56.0 Å². The number of ether oxygens (including phenoxy) is 1. The first-order chi connectivity index (χ1) is 15.3. The lowest BCUT2D eigenvalue weighted by atomic mass is 10.1. The predicted octanol–water partition coefficient (Wildman–Crippen LogP) is 5.19. The van der Waals surface area contributed by atoms with Gasteiger partial charge in [-0.15, -0.1) is 0 Å². The third-order valence-corrected chi connectivity index (χ3v) is 6.94. The Balaban J connectivity index is 1.30. The zero-order valence-corrected chi connectivity index (χ0v) is 20.1. The molecule has 1 unspecified atom stereocenters. The van der Waals surface area contributed by atoms with E-state index in [1.54, 1.807) is 0 Å². The largest absolute Gasteiger partial charge is 0.356 e. The molecule has 0 N–H and O–H groups in total. The maximum atomic E-state index is 6.02. The van der Waals surface area contributed by atoms with E-state index in [4.69, 9.17) is 9.84 Å². The molecule has 1 aromatic carbocycles. The Morgan fingerprint density at radius 3 is 2.84 bits per heavy atom. The van der Waals surface area contributed by atoms with Crippen molar-refractivity contribution in [2.75, 3.05) is 26.2 Å². The molecule has 5 rings (SSSR count). The molecule has 0 spiro atoms. The van der Waals surface area contributed by atoms with Gasteiger partial charge in [-0.25, -0.2) is 4.68 Å². The number of aryl methyl sites for hydroxylation is 1. The van der Waals surface area contributed by atoms with Crippen LogP contribution in [0.5, 0.6) is 0 Å². The average molecular weight is 531 g/mol. The highest BCUT2D eigenvalue weighted by Crippen LogP contribution is 2.30. The summed E-state index contributed by atoms with van der Waals surface area (Å²) in [6.45, 7) is 5.49. The number of halogens is 1. The van der Waals surface area contributed by atoms with Crippen LogP contribution < -0.4 is 0 Å². The van der Waals surface area contributed by atoms with Crippen LogP contribution >= 0.6 is 22.6 Å². The lowest BCUT2D eigenvalue weighted by molar-refractivity contribution is -0.0367. The molecule has 4 heterocycles. The smallest absolute Gasteiger partial charge is 0.150 e. The first-order valence-corrected chi connectivity index (χ1v) is 12.6. The topological polar surface area (TPSA) is 48.1 Å². The molecule has 0 saturated carbocycles. The van der Waals surface area contributed by atoms with Gasteiger partial charge in [0, 0.05) is 33.9 Å². The minimum Gasteiger partial charge on any atom is -0.356 e. The monoisotopic (exact) mass is 531 g/mol. The van der Waals surface area contributed by atoms with Crippen molar-refractivity contribution < 1.29 is 4.74 Å². The Hall–Kier alpha value is -1.71. The van der Waals surface area contributed by atoms with E-state index in [0.717, 1.165) is 49.2 Å². The van der Waals surface area contributed by atoms with Crippen molar-refractivity contribution in [3.05, 3.63) is 45.4 Å². The number of rotatable bonds is 7. The molecule has 31 heavy (non-hydrogen) atoms. The second-order valence-electron chi connectivity index (χ2n) is 8.58. The fourth-order valence-corrected chi connectivity index (χ4v) is 5.09. The minimum atomic E-state index is 0.0370. The quantitative estimate of drug-likeness (QED) is 0.394. The Kier molecular flexibility index (Phi) is 6.71. The number of hydrogen-bond acceptors (Lipinski definition) is 4. The fraction of sp³-hybridized carbons (Fsp3) is 0.500. The van der Waals surface area contributed by atoms with E-state index >= 15 is 0 Å². The summed E-state index contributed by atoms with van der Waals surface area (Å²) in [6, 6.07) is 6.52. The number of aromatic nitrogens is 4. The molecule has 0 radical (unpaired) electrons. The average Bonchev–Trinajstić information content (AvgIpc) is 3.53. The molecule has 2 saturated heterocycles. The van der Waals surface area contributed by atoms with Gasteiger partial charge in [0.25, 0.3) is 0 Å².